The standard InChI is InChI=1S/C43H76O2/c1-33(2)20-19-21-34(3)38-26-27-39-37-25-24-36-32-35(28-30-42(36,4)40(37)29-31-43(38,39)5)22-17-15-13-11-9-7-6-8-10-12-14-16-18-23-41(44)45/h24,33-35,37-40H,6-23,25-32H2,1-5H3,(H,44,45)/t34-,35+,37?,38-,39?,40?,42+,43-/m1/s1. The van der Waals surface area contributed by atoms with Crippen molar-refractivity contribution >= 4 is 5.97 Å². The maximum Gasteiger partial charge on any atom is 0.303 e. The van der Waals surface area contributed by atoms with Gasteiger partial charge in [0.05, 0.1) is 0 Å². The second-order valence-electron chi connectivity index (χ2n) is 17.9. The number of rotatable bonds is 21. The van der Waals surface area contributed by atoms with E-state index in [9.17, 15) is 4.79 Å². The molecule has 0 radical (unpaired) electrons. The maximum absolute atomic E-state index is 10.6. The Morgan fingerprint density at radius 1 is 0.756 bits per heavy atom. The zero-order chi connectivity index (χ0) is 32.3. The molecule has 0 bridgehead atoms. The summed E-state index contributed by atoms with van der Waals surface area (Å²) in [4.78, 5) is 10.6. The topological polar surface area (TPSA) is 37.3 Å². The van der Waals surface area contributed by atoms with Gasteiger partial charge in [0, 0.05) is 6.42 Å². The summed E-state index contributed by atoms with van der Waals surface area (Å²) >= 11 is 0. The number of carbonyl (C=O) groups is 1. The lowest BCUT2D eigenvalue weighted by molar-refractivity contribution is -0.137. The quantitative estimate of drug-likeness (QED) is 0.102. The molecule has 4 aliphatic carbocycles. The molecule has 3 fully saturated rings. The molecule has 0 aromatic heterocycles. The van der Waals surface area contributed by atoms with Crippen molar-refractivity contribution < 1.29 is 9.90 Å². The molecule has 3 unspecified atom stereocenters. The van der Waals surface area contributed by atoms with Gasteiger partial charge in [0.1, 0.15) is 0 Å². The van der Waals surface area contributed by atoms with E-state index in [0.29, 0.717) is 17.3 Å². The summed E-state index contributed by atoms with van der Waals surface area (Å²) in [6.45, 7) is 12.9. The molecular weight excluding hydrogens is 548 g/mol. The van der Waals surface area contributed by atoms with Gasteiger partial charge in [-0.05, 0) is 110 Å². The molecule has 0 aromatic carbocycles. The Hall–Kier alpha value is -0.790. The molecule has 0 saturated heterocycles. The van der Waals surface area contributed by atoms with Crippen molar-refractivity contribution in [3.8, 4) is 0 Å². The normalized spacial score (nSPS) is 33.4. The zero-order valence-corrected chi connectivity index (χ0v) is 30.9. The van der Waals surface area contributed by atoms with Crippen LogP contribution in [0.4, 0.5) is 0 Å². The fourth-order valence-electron chi connectivity index (χ4n) is 11.7. The molecule has 2 nitrogen and oxygen atoms in total. The van der Waals surface area contributed by atoms with E-state index in [-0.39, 0.29) is 0 Å². The molecule has 1 N–H and O–H groups in total. The van der Waals surface area contributed by atoms with E-state index in [1.165, 1.54) is 148 Å². The lowest BCUT2D eigenvalue weighted by Gasteiger charge is -2.58. The Balaban J connectivity index is 1.10. The van der Waals surface area contributed by atoms with Crippen molar-refractivity contribution in [1.29, 1.82) is 0 Å². The Morgan fingerprint density at radius 3 is 2.00 bits per heavy atom. The number of carboxylic acids is 1. The van der Waals surface area contributed by atoms with Gasteiger partial charge in [-0.25, -0.2) is 0 Å². The average Bonchev–Trinajstić information content (AvgIpc) is 3.36. The molecule has 4 rings (SSSR count). The third-order valence-corrected chi connectivity index (χ3v) is 14.4. The first-order valence-electron chi connectivity index (χ1n) is 20.6. The van der Waals surface area contributed by atoms with Gasteiger partial charge in [0.15, 0.2) is 0 Å². The number of unbranched alkanes of at least 4 members (excludes halogenated alkanes) is 12. The minimum Gasteiger partial charge on any atom is -0.481 e. The molecule has 8 atom stereocenters. The highest BCUT2D eigenvalue weighted by Crippen LogP contribution is 2.67. The number of hydrogen-bond donors (Lipinski definition) is 1. The Kier molecular flexibility index (Phi) is 14.9. The van der Waals surface area contributed by atoms with Crippen molar-refractivity contribution in [2.45, 2.75) is 202 Å². The largest absolute Gasteiger partial charge is 0.481 e. The zero-order valence-electron chi connectivity index (χ0n) is 30.9. The maximum atomic E-state index is 10.6. The molecular formula is C43H76O2. The number of aliphatic carboxylic acids is 1. The van der Waals surface area contributed by atoms with Gasteiger partial charge < -0.3 is 5.11 Å². The summed E-state index contributed by atoms with van der Waals surface area (Å²) in [5.41, 5.74) is 3.03. The van der Waals surface area contributed by atoms with Crippen LogP contribution in [0.25, 0.3) is 0 Å². The van der Waals surface area contributed by atoms with Crippen LogP contribution in [0.5, 0.6) is 0 Å². The predicted molar refractivity (Wildman–Crippen MR) is 193 cm³/mol. The van der Waals surface area contributed by atoms with Gasteiger partial charge >= 0.3 is 5.97 Å². The molecule has 0 aromatic rings. The van der Waals surface area contributed by atoms with E-state index in [1.807, 2.05) is 5.57 Å². The molecule has 0 heterocycles. The molecule has 2 heteroatoms. The lowest BCUT2D eigenvalue weighted by atomic mass is 9.46. The fraction of sp³-hybridized carbons (Fsp3) is 0.930. The Bertz CT molecular complexity index is 904. The summed E-state index contributed by atoms with van der Waals surface area (Å²) in [6, 6.07) is 0. The SMILES string of the molecule is CC(C)CCC[C@@H](C)[C@H]1CCC2C3CC=C4C[C@@H](CCCCCCCCCCCCCCCC(=O)O)CC[C@]4(C)C3CC[C@@]21C. The van der Waals surface area contributed by atoms with Crippen molar-refractivity contribution in [2.24, 2.45) is 52.3 Å². The van der Waals surface area contributed by atoms with Gasteiger partial charge in [-0.2, -0.15) is 0 Å². The number of fused-ring (bicyclic) bond motifs is 5. The smallest absolute Gasteiger partial charge is 0.303 e. The lowest BCUT2D eigenvalue weighted by Crippen LogP contribution is -2.50. The second-order valence-corrected chi connectivity index (χ2v) is 17.9. The number of allylic oxidation sites excluding steroid dienone is 2. The van der Waals surface area contributed by atoms with Crippen LogP contribution < -0.4 is 0 Å². The fourth-order valence-corrected chi connectivity index (χ4v) is 11.7. The van der Waals surface area contributed by atoms with Crippen LogP contribution in [-0.4, -0.2) is 11.1 Å². The first kappa shape index (κ1) is 37.0. The molecule has 3 saturated carbocycles. The summed E-state index contributed by atoms with van der Waals surface area (Å²) in [5.74, 6) is 5.99. The van der Waals surface area contributed by atoms with Gasteiger partial charge in [-0.15, -0.1) is 0 Å². The molecule has 0 aliphatic heterocycles. The van der Waals surface area contributed by atoms with Crippen LogP contribution >= 0.6 is 0 Å². The van der Waals surface area contributed by atoms with Gasteiger partial charge in [0.2, 0.25) is 0 Å². The molecule has 0 spiro atoms. The van der Waals surface area contributed by atoms with E-state index in [1.54, 1.807) is 0 Å². The predicted octanol–water partition coefficient (Wildman–Crippen LogP) is 13.6. The van der Waals surface area contributed by atoms with E-state index in [2.05, 4.69) is 40.7 Å². The molecule has 0 amide bonds. The first-order valence-corrected chi connectivity index (χ1v) is 20.6. The van der Waals surface area contributed by atoms with Crippen LogP contribution in [0.2, 0.25) is 0 Å². The summed E-state index contributed by atoms with van der Waals surface area (Å²) in [7, 11) is 0. The molecule has 260 valence electrons. The monoisotopic (exact) mass is 625 g/mol. The second kappa shape index (κ2) is 18.1. The minimum atomic E-state index is -0.646. The third kappa shape index (κ3) is 10.1. The van der Waals surface area contributed by atoms with Crippen molar-refractivity contribution in [3.63, 3.8) is 0 Å². The summed E-state index contributed by atoms with van der Waals surface area (Å²) < 4.78 is 0. The third-order valence-electron chi connectivity index (χ3n) is 14.4. The highest BCUT2D eigenvalue weighted by molar-refractivity contribution is 5.66. The first-order chi connectivity index (χ1) is 21.6. The molecule has 4 aliphatic rings. The van der Waals surface area contributed by atoms with E-state index in [0.717, 1.165) is 54.3 Å². The van der Waals surface area contributed by atoms with E-state index in [4.69, 9.17) is 5.11 Å². The van der Waals surface area contributed by atoms with Gasteiger partial charge in [-0.3, -0.25) is 4.79 Å². The van der Waals surface area contributed by atoms with Crippen LogP contribution in [0.1, 0.15) is 202 Å². The van der Waals surface area contributed by atoms with Gasteiger partial charge in [0.25, 0.3) is 0 Å². The van der Waals surface area contributed by atoms with Crippen LogP contribution in [0.3, 0.4) is 0 Å². The van der Waals surface area contributed by atoms with Crippen LogP contribution in [0.15, 0.2) is 11.6 Å². The van der Waals surface area contributed by atoms with Gasteiger partial charge in [-0.1, -0.05) is 149 Å². The summed E-state index contributed by atoms with van der Waals surface area (Å²) in [5, 5.41) is 8.71. The van der Waals surface area contributed by atoms with Crippen molar-refractivity contribution in [3.05, 3.63) is 11.6 Å². The molecule has 45 heavy (non-hydrogen) atoms. The average molecular weight is 625 g/mol. The Morgan fingerprint density at radius 2 is 1.38 bits per heavy atom. The van der Waals surface area contributed by atoms with Crippen molar-refractivity contribution in [1.82, 2.24) is 0 Å². The Labute approximate surface area is 280 Å². The minimum absolute atomic E-state index is 0.345. The number of carboxylic acid groups (broad SMARTS) is 1. The van der Waals surface area contributed by atoms with Crippen LogP contribution in [-0.2, 0) is 4.79 Å². The highest BCUT2D eigenvalue weighted by atomic mass is 16.4. The summed E-state index contributed by atoms with van der Waals surface area (Å²) in [6.07, 6.45) is 38.0. The van der Waals surface area contributed by atoms with E-state index < -0.39 is 5.97 Å². The van der Waals surface area contributed by atoms with Crippen LogP contribution in [0, 0.1) is 52.3 Å². The highest BCUT2D eigenvalue weighted by Gasteiger charge is 2.59. The number of hydrogen-bond acceptors (Lipinski definition) is 1. The van der Waals surface area contributed by atoms with Crippen molar-refractivity contribution in [2.75, 3.05) is 0 Å². The van der Waals surface area contributed by atoms with E-state index >= 15 is 0 Å².